The van der Waals surface area contributed by atoms with Crippen LogP contribution in [0.15, 0.2) is 48.0 Å². The van der Waals surface area contributed by atoms with E-state index in [0.717, 1.165) is 0 Å². The number of likely N-dealkylation sites (N-methyl/N-ethyl adjacent to an activating group) is 1. The van der Waals surface area contributed by atoms with Gasteiger partial charge in [-0.3, -0.25) is 9.59 Å². The minimum Gasteiger partial charge on any atom is -0.507 e. The summed E-state index contributed by atoms with van der Waals surface area (Å²) in [7, 11) is 4.52. The number of hydrogen-bond acceptors (Lipinski definition) is 5. The van der Waals surface area contributed by atoms with Gasteiger partial charge in [-0.2, -0.15) is 0 Å². The number of nitrogens with zero attached hydrogens (tertiary/aromatic N) is 1. The third-order valence-electron chi connectivity index (χ3n) is 4.53. The molecule has 1 fully saturated rings. The molecule has 1 aliphatic heterocycles. The van der Waals surface area contributed by atoms with Crippen LogP contribution in [0.4, 0.5) is 0 Å². The SMILES string of the molecule is COc1ccc([C@H]2C(=C(O)c3ccc(Cl)cc3)C(=O)C(=O)N2C)c(OC)c1. The number of ketones is 1. The first-order valence-electron chi connectivity index (χ1n) is 8.11. The van der Waals surface area contributed by atoms with Gasteiger partial charge in [-0.25, -0.2) is 0 Å². The van der Waals surface area contributed by atoms with E-state index < -0.39 is 17.7 Å². The largest absolute Gasteiger partial charge is 0.507 e. The molecule has 2 aromatic carbocycles. The van der Waals surface area contributed by atoms with Gasteiger partial charge in [0, 0.05) is 29.3 Å². The number of aliphatic hydroxyl groups excluding tert-OH is 1. The second kappa shape index (κ2) is 7.32. The van der Waals surface area contributed by atoms with Gasteiger partial charge in [0.2, 0.25) is 0 Å². The average Bonchev–Trinajstić information content (AvgIpc) is 2.91. The number of hydrogen-bond donors (Lipinski definition) is 1. The highest BCUT2D eigenvalue weighted by Crippen LogP contribution is 2.42. The van der Waals surface area contributed by atoms with E-state index in [2.05, 4.69) is 0 Å². The quantitative estimate of drug-likeness (QED) is 0.494. The van der Waals surface area contributed by atoms with Crippen molar-refractivity contribution in [2.24, 2.45) is 0 Å². The summed E-state index contributed by atoms with van der Waals surface area (Å²) >= 11 is 5.89. The number of carbonyl (C=O) groups excluding carboxylic acids is 2. The van der Waals surface area contributed by atoms with Gasteiger partial charge < -0.3 is 19.5 Å². The summed E-state index contributed by atoms with van der Waals surface area (Å²) in [6.45, 7) is 0. The molecular formula is C20H18ClNO5. The summed E-state index contributed by atoms with van der Waals surface area (Å²) in [5, 5.41) is 11.3. The minimum absolute atomic E-state index is 0.00621. The molecule has 0 spiro atoms. The molecule has 0 radical (unpaired) electrons. The Morgan fingerprint density at radius 3 is 2.33 bits per heavy atom. The first kappa shape index (κ1) is 18.8. The Hall–Kier alpha value is -2.99. The van der Waals surface area contributed by atoms with Crippen LogP contribution in [0, 0.1) is 0 Å². The van der Waals surface area contributed by atoms with E-state index in [1.54, 1.807) is 42.5 Å². The van der Waals surface area contributed by atoms with Crippen LogP contribution in [0.1, 0.15) is 17.2 Å². The minimum atomic E-state index is -0.790. The van der Waals surface area contributed by atoms with Crippen molar-refractivity contribution in [1.82, 2.24) is 4.90 Å². The summed E-state index contributed by atoms with van der Waals surface area (Å²) in [6.07, 6.45) is 0. The summed E-state index contributed by atoms with van der Waals surface area (Å²) in [5.74, 6) is -0.713. The van der Waals surface area contributed by atoms with Crippen molar-refractivity contribution in [3.05, 3.63) is 64.2 Å². The van der Waals surface area contributed by atoms with Crippen molar-refractivity contribution in [2.45, 2.75) is 6.04 Å². The molecule has 2 aromatic rings. The molecule has 0 bridgehead atoms. The van der Waals surface area contributed by atoms with Crippen LogP contribution >= 0.6 is 11.6 Å². The van der Waals surface area contributed by atoms with Gasteiger partial charge in [-0.1, -0.05) is 11.6 Å². The van der Waals surface area contributed by atoms with Crippen LogP contribution < -0.4 is 9.47 Å². The fourth-order valence-corrected chi connectivity index (χ4v) is 3.25. The van der Waals surface area contributed by atoms with Crippen LogP contribution in [0.2, 0.25) is 5.02 Å². The number of methoxy groups -OCH3 is 2. The van der Waals surface area contributed by atoms with Gasteiger partial charge >= 0.3 is 0 Å². The third kappa shape index (κ3) is 3.24. The lowest BCUT2D eigenvalue weighted by atomic mass is 9.94. The molecule has 7 heteroatoms. The van der Waals surface area contributed by atoms with Gasteiger partial charge in [0.05, 0.1) is 25.8 Å². The standard InChI is InChI=1S/C20H18ClNO5/c1-22-17(14-9-8-13(26-2)10-15(14)27-3)16(19(24)20(22)25)18(23)11-4-6-12(21)7-5-11/h4-10,17,23H,1-3H3/t17-/m0/s1. The molecule has 1 amide bonds. The lowest BCUT2D eigenvalue weighted by Crippen LogP contribution is -2.25. The molecule has 6 nitrogen and oxygen atoms in total. The summed E-state index contributed by atoms with van der Waals surface area (Å²) in [6, 6.07) is 10.7. The Morgan fingerprint density at radius 1 is 1.07 bits per heavy atom. The zero-order valence-electron chi connectivity index (χ0n) is 15.0. The number of aliphatic hydroxyl groups is 1. The second-order valence-corrected chi connectivity index (χ2v) is 6.46. The molecule has 1 N–H and O–H groups in total. The Kier molecular flexibility index (Phi) is 5.10. The molecule has 1 heterocycles. The molecule has 1 atom stereocenters. The molecule has 1 aliphatic rings. The van der Waals surface area contributed by atoms with E-state index in [1.165, 1.54) is 26.2 Å². The molecule has 27 heavy (non-hydrogen) atoms. The molecule has 0 saturated carbocycles. The molecule has 3 rings (SSSR count). The number of halogens is 1. The Balaban J connectivity index is 2.20. The van der Waals surface area contributed by atoms with Gasteiger partial charge in [-0.05, 0) is 36.4 Å². The first-order valence-corrected chi connectivity index (χ1v) is 8.49. The van der Waals surface area contributed by atoms with Gasteiger partial charge in [0.1, 0.15) is 17.3 Å². The van der Waals surface area contributed by atoms with Gasteiger partial charge in [0.15, 0.2) is 0 Å². The van der Waals surface area contributed by atoms with Crippen LogP contribution in [-0.4, -0.2) is 43.0 Å². The van der Waals surface area contributed by atoms with E-state index in [0.29, 0.717) is 27.6 Å². The Morgan fingerprint density at radius 2 is 1.74 bits per heavy atom. The number of carbonyl (C=O) groups is 2. The van der Waals surface area contributed by atoms with Crippen molar-refractivity contribution in [3.8, 4) is 11.5 Å². The first-order chi connectivity index (χ1) is 12.9. The number of likely N-dealkylation sites (tertiary alicyclic amines) is 1. The van der Waals surface area contributed by atoms with E-state index >= 15 is 0 Å². The molecular weight excluding hydrogens is 370 g/mol. The monoisotopic (exact) mass is 387 g/mol. The number of rotatable bonds is 4. The number of ether oxygens (including phenoxy) is 2. The zero-order chi connectivity index (χ0) is 19.7. The van der Waals surface area contributed by atoms with Crippen molar-refractivity contribution in [3.63, 3.8) is 0 Å². The van der Waals surface area contributed by atoms with Gasteiger partial charge in [-0.15, -0.1) is 0 Å². The number of Topliss-reactive ketones (excluding diaryl/α,β-unsaturated/α-hetero) is 1. The highest BCUT2D eigenvalue weighted by Gasteiger charge is 2.45. The maximum Gasteiger partial charge on any atom is 0.295 e. The van der Waals surface area contributed by atoms with Crippen LogP contribution in [0.25, 0.3) is 5.76 Å². The van der Waals surface area contributed by atoms with Crippen molar-refractivity contribution in [1.29, 1.82) is 0 Å². The molecule has 0 unspecified atom stereocenters. The number of benzene rings is 2. The van der Waals surface area contributed by atoms with E-state index in [9.17, 15) is 14.7 Å². The maximum absolute atomic E-state index is 12.6. The maximum atomic E-state index is 12.6. The summed E-state index contributed by atoms with van der Waals surface area (Å²) in [4.78, 5) is 26.2. The van der Waals surface area contributed by atoms with Crippen molar-refractivity contribution < 1.29 is 24.2 Å². The fourth-order valence-electron chi connectivity index (χ4n) is 3.12. The topological polar surface area (TPSA) is 76.1 Å². The Bertz CT molecular complexity index is 936. The van der Waals surface area contributed by atoms with Crippen LogP contribution in [-0.2, 0) is 9.59 Å². The third-order valence-corrected chi connectivity index (χ3v) is 4.78. The van der Waals surface area contributed by atoms with Gasteiger partial charge in [0.25, 0.3) is 11.7 Å². The Labute approximate surface area is 161 Å². The van der Waals surface area contributed by atoms with Crippen molar-refractivity contribution in [2.75, 3.05) is 21.3 Å². The fraction of sp³-hybridized carbons (Fsp3) is 0.200. The predicted octanol–water partition coefficient (Wildman–Crippen LogP) is 3.41. The molecule has 0 aromatic heterocycles. The van der Waals surface area contributed by atoms with E-state index in [4.69, 9.17) is 21.1 Å². The van der Waals surface area contributed by atoms with E-state index in [-0.39, 0.29) is 11.3 Å². The number of amides is 1. The second-order valence-electron chi connectivity index (χ2n) is 6.02. The lowest BCUT2D eigenvalue weighted by Gasteiger charge is -2.23. The summed E-state index contributed by atoms with van der Waals surface area (Å²) < 4.78 is 10.6. The lowest BCUT2D eigenvalue weighted by molar-refractivity contribution is -0.139. The normalized spacial score (nSPS) is 18.7. The smallest absolute Gasteiger partial charge is 0.295 e. The average molecular weight is 388 g/mol. The summed E-state index contributed by atoms with van der Waals surface area (Å²) in [5.41, 5.74) is 0.951. The predicted molar refractivity (Wildman–Crippen MR) is 101 cm³/mol. The molecule has 1 saturated heterocycles. The molecule has 0 aliphatic carbocycles. The van der Waals surface area contributed by atoms with E-state index in [1.807, 2.05) is 0 Å². The van der Waals surface area contributed by atoms with Crippen LogP contribution in [0.3, 0.4) is 0 Å². The highest BCUT2D eigenvalue weighted by molar-refractivity contribution is 6.46. The highest BCUT2D eigenvalue weighted by atomic mass is 35.5. The van der Waals surface area contributed by atoms with Crippen molar-refractivity contribution >= 4 is 29.1 Å². The zero-order valence-corrected chi connectivity index (χ0v) is 15.8. The molecule has 140 valence electrons. The van der Waals surface area contributed by atoms with Crippen LogP contribution in [0.5, 0.6) is 11.5 Å².